The molecular formula is C50H34N4O. The summed E-state index contributed by atoms with van der Waals surface area (Å²) < 4.78 is 8.42. The third kappa shape index (κ3) is 6.04. The molecule has 5 heteroatoms. The minimum atomic E-state index is 0.484. The number of hydrogen-bond donors (Lipinski definition) is 0. The van der Waals surface area contributed by atoms with Gasteiger partial charge in [-0.3, -0.25) is 0 Å². The lowest BCUT2D eigenvalue weighted by Crippen LogP contribution is -2.09. The molecule has 0 amide bonds. The fourth-order valence-electron chi connectivity index (χ4n) is 7.48. The zero-order chi connectivity index (χ0) is 36.6. The van der Waals surface area contributed by atoms with Gasteiger partial charge in [0.1, 0.15) is 0 Å². The highest BCUT2D eigenvalue weighted by molar-refractivity contribution is 6.10. The van der Waals surface area contributed by atoms with E-state index in [1.54, 1.807) is 0 Å². The second-order valence-electron chi connectivity index (χ2n) is 13.5. The molecule has 260 valence electrons. The van der Waals surface area contributed by atoms with Crippen LogP contribution in [0.1, 0.15) is 0 Å². The number of aromatic nitrogens is 3. The molecule has 0 spiro atoms. The first-order valence-corrected chi connectivity index (χ1v) is 18.4. The molecule has 10 aromatic rings. The Morgan fingerprint density at radius 1 is 0.345 bits per heavy atom. The van der Waals surface area contributed by atoms with Crippen LogP contribution in [-0.4, -0.2) is 14.8 Å². The summed E-state index contributed by atoms with van der Waals surface area (Å²) >= 11 is 0. The lowest BCUT2D eigenvalue weighted by atomic mass is 10.0. The predicted octanol–water partition coefficient (Wildman–Crippen LogP) is 13.3. The molecule has 10 rings (SSSR count). The molecule has 55 heavy (non-hydrogen) atoms. The van der Waals surface area contributed by atoms with Crippen LogP contribution in [0.5, 0.6) is 0 Å². The van der Waals surface area contributed by atoms with Gasteiger partial charge in [0.05, 0.1) is 11.0 Å². The highest BCUT2D eigenvalue weighted by atomic mass is 16.4. The first-order valence-electron chi connectivity index (χ1n) is 18.4. The maximum absolute atomic E-state index is 6.07. The Labute approximate surface area is 319 Å². The molecular weight excluding hydrogens is 673 g/mol. The van der Waals surface area contributed by atoms with Gasteiger partial charge in [-0.1, -0.05) is 115 Å². The number of rotatable bonds is 8. The summed E-state index contributed by atoms with van der Waals surface area (Å²) in [5.74, 6) is 0.985. The van der Waals surface area contributed by atoms with Crippen LogP contribution in [0.15, 0.2) is 211 Å². The quantitative estimate of drug-likeness (QED) is 0.158. The summed E-state index contributed by atoms with van der Waals surface area (Å²) in [6, 6.07) is 72.2. The summed E-state index contributed by atoms with van der Waals surface area (Å²) in [5.41, 5.74) is 13.1. The molecule has 2 aromatic heterocycles. The van der Waals surface area contributed by atoms with Gasteiger partial charge in [0.15, 0.2) is 0 Å². The first-order chi connectivity index (χ1) is 27.3. The Morgan fingerprint density at radius 3 is 1.36 bits per heavy atom. The Hall–Kier alpha value is -7.50. The molecule has 0 fully saturated rings. The highest BCUT2D eigenvalue weighted by Gasteiger charge is 2.17. The van der Waals surface area contributed by atoms with E-state index in [2.05, 4.69) is 177 Å². The second-order valence-corrected chi connectivity index (χ2v) is 13.5. The van der Waals surface area contributed by atoms with Crippen LogP contribution >= 0.6 is 0 Å². The molecule has 0 atom stereocenters. The smallest absolute Gasteiger partial charge is 0.248 e. The van der Waals surface area contributed by atoms with Gasteiger partial charge in [0.25, 0.3) is 0 Å². The van der Waals surface area contributed by atoms with Gasteiger partial charge < -0.3 is 13.9 Å². The number of hydrogen-bond acceptors (Lipinski definition) is 4. The van der Waals surface area contributed by atoms with E-state index in [0.717, 1.165) is 39.4 Å². The average Bonchev–Trinajstić information content (AvgIpc) is 3.89. The van der Waals surface area contributed by atoms with Gasteiger partial charge in [0.2, 0.25) is 11.8 Å². The van der Waals surface area contributed by atoms with E-state index in [0.29, 0.717) is 11.8 Å². The summed E-state index contributed by atoms with van der Waals surface area (Å²) in [5, 5.41) is 11.1. The molecule has 0 N–H and O–H groups in total. The van der Waals surface area contributed by atoms with Crippen LogP contribution in [0, 0.1) is 0 Å². The zero-order valence-electron chi connectivity index (χ0n) is 29.8. The highest BCUT2D eigenvalue weighted by Crippen LogP contribution is 2.39. The largest absolute Gasteiger partial charge is 0.416 e. The van der Waals surface area contributed by atoms with Crippen LogP contribution in [-0.2, 0) is 0 Å². The van der Waals surface area contributed by atoms with Crippen LogP contribution in [0.3, 0.4) is 0 Å². The van der Waals surface area contributed by atoms with Gasteiger partial charge in [-0.25, -0.2) is 0 Å². The monoisotopic (exact) mass is 706 g/mol. The predicted molar refractivity (Wildman–Crippen MR) is 225 cm³/mol. The molecule has 0 aliphatic carbocycles. The van der Waals surface area contributed by atoms with Crippen molar-refractivity contribution in [1.29, 1.82) is 0 Å². The molecule has 0 saturated heterocycles. The van der Waals surface area contributed by atoms with E-state index < -0.39 is 0 Å². The molecule has 8 aromatic carbocycles. The van der Waals surface area contributed by atoms with Gasteiger partial charge in [-0.05, 0) is 113 Å². The molecule has 0 aliphatic heterocycles. The Bertz CT molecular complexity index is 2880. The van der Waals surface area contributed by atoms with Crippen molar-refractivity contribution in [1.82, 2.24) is 14.8 Å². The van der Waals surface area contributed by atoms with Crippen LogP contribution < -0.4 is 4.90 Å². The SMILES string of the molecule is c1ccc(-c2ccc(N(c3ccc(-c4ccc5c(c4)c4ccccc4n5-c4ccccc4)cc3)c3ccc(-c4nnc(-c5ccccc5)o4)cc3)cc2)cc1. The lowest BCUT2D eigenvalue weighted by Gasteiger charge is -2.26. The summed E-state index contributed by atoms with van der Waals surface area (Å²) in [4.78, 5) is 2.28. The van der Waals surface area contributed by atoms with Crippen molar-refractivity contribution in [3.8, 4) is 50.8 Å². The molecule has 0 unspecified atom stereocenters. The van der Waals surface area contributed by atoms with Gasteiger partial charge in [-0.2, -0.15) is 0 Å². The molecule has 5 nitrogen and oxygen atoms in total. The maximum atomic E-state index is 6.07. The summed E-state index contributed by atoms with van der Waals surface area (Å²) in [6.45, 7) is 0. The maximum Gasteiger partial charge on any atom is 0.248 e. The van der Waals surface area contributed by atoms with Gasteiger partial charge >= 0.3 is 0 Å². The fourth-order valence-corrected chi connectivity index (χ4v) is 7.48. The molecule has 0 bridgehead atoms. The van der Waals surface area contributed by atoms with Gasteiger partial charge in [0, 0.05) is 44.6 Å². The van der Waals surface area contributed by atoms with Crippen LogP contribution in [0.4, 0.5) is 17.1 Å². The Kier molecular flexibility index (Phi) is 8.08. The van der Waals surface area contributed by atoms with Crippen molar-refractivity contribution in [2.75, 3.05) is 4.90 Å². The summed E-state index contributed by atoms with van der Waals surface area (Å²) in [6.07, 6.45) is 0. The van der Waals surface area contributed by atoms with E-state index in [-0.39, 0.29) is 0 Å². The van der Waals surface area contributed by atoms with Gasteiger partial charge in [-0.15, -0.1) is 10.2 Å². The van der Waals surface area contributed by atoms with Crippen molar-refractivity contribution in [3.05, 3.63) is 206 Å². The van der Waals surface area contributed by atoms with E-state index in [1.165, 1.54) is 38.5 Å². The number of anilines is 3. The van der Waals surface area contributed by atoms with E-state index in [4.69, 9.17) is 4.42 Å². The van der Waals surface area contributed by atoms with Crippen LogP contribution in [0.2, 0.25) is 0 Å². The van der Waals surface area contributed by atoms with Crippen molar-refractivity contribution < 1.29 is 4.42 Å². The summed E-state index contributed by atoms with van der Waals surface area (Å²) in [7, 11) is 0. The van der Waals surface area contributed by atoms with E-state index in [9.17, 15) is 0 Å². The van der Waals surface area contributed by atoms with Crippen molar-refractivity contribution in [3.63, 3.8) is 0 Å². The molecule has 0 aliphatic rings. The number of nitrogens with zero attached hydrogens (tertiary/aromatic N) is 4. The molecule has 0 radical (unpaired) electrons. The fraction of sp³-hybridized carbons (Fsp3) is 0. The third-order valence-corrected chi connectivity index (χ3v) is 10.2. The number of para-hydroxylation sites is 2. The molecule has 2 heterocycles. The second kappa shape index (κ2) is 13.8. The number of benzene rings is 8. The minimum absolute atomic E-state index is 0.484. The van der Waals surface area contributed by atoms with Crippen molar-refractivity contribution >= 4 is 38.9 Å². The molecule has 0 saturated carbocycles. The van der Waals surface area contributed by atoms with Crippen molar-refractivity contribution in [2.24, 2.45) is 0 Å². The normalized spacial score (nSPS) is 11.3. The third-order valence-electron chi connectivity index (χ3n) is 10.2. The zero-order valence-corrected chi connectivity index (χ0v) is 29.8. The Morgan fingerprint density at radius 2 is 0.764 bits per heavy atom. The standard InChI is InChI=1S/C50H34N4O/c1-4-12-35(13-5-1)36-20-27-42(28-21-36)53(44-31-24-39(25-32-44)50-52-51-49(55-50)38-14-6-2-7-15-38)43-29-22-37(23-30-43)40-26-33-48-46(34-40)45-18-10-11-19-47(45)54(48)41-16-8-3-9-17-41/h1-34H. The first kappa shape index (κ1) is 32.2. The van der Waals surface area contributed by atoms with E-state index >= 15 is 0 Å². The number of fused-ring (bicyclic) bond motifs is 3. The lowest BCUT2D eigenvalue weighted by molar-refractivity contribution is 0.584. The van der Waals surface area contributed by atoms with Crippen LogP contribution in [0.25, 0.3) is 72.7 Å². The van der Waals surface area contributed by atoms with E-state index in [1.807, 2.05) is 48.5 Å². The average molecular weight is 707 g/mol. The Balaban J connectivity index is 1.01. The van der Waals surface area contributed by atoms with Crippen molar-refractivity contribution in [2.45, 2.75) is 0 Å². The minimum Gasteiger partial charge on any atom is -0.416 e. The topological polar surface area (TPSA) is 47.1 Å².